The number of rotatable bonds is 3. The number of nitrogens with two attached hydrogens (primary N) is 1. The van der Waals surface area contributed by atoms with Crippen molar-refractivity contribution in [3.8, 4) is 0 Å². The molecule has 0 aliphatic carbocycles. The third-order valence-electron chi connectivity index (χ3n) is 3.57. The molecule has 3 rings (SSSR count). The summed E-state index contributed by atoms with van der Waals surface area (Å²) >= 11 is 6.16. The molecule has 0 saturated heterocycles. The predicted octanol–water partition coefficient (Wildman–Crippen LogP) is 1.84. The zero-order chi connectivity index (χ0) is 14.1. The third kappa shape index (κ3) is 2.64. The molecular weight excluding hydrogens is 274 g/mol. The minimum Gasteiger partial charge on any atom is -0.362 e. The fraction of sp³-hybridized carbons (Fsp3) is 0.429. The van der Waals surface area contributed by atoms with Gasteiger partial charge in [-0.15, -0.1) is 10.2 Å². The Balaban J connectivity index is 1.91. The van der Waals surface area contributed by atoms with Crippen LogP contribution < -0.4 is 10.6 Å². The van der Waals surface area contributed by atoms with E-state index >= 15 is 0 Å². The lowest BCUT2D eigenvalue weighted by molar-refractivity contribution is 0.558. The van der Waals surface area contributed by atoms with E-state index in [0.29, 0.717) is 0 Å². The van der Waals surface area contributed by atoms with Gasteiger partial charge in [-0.3, -0.25) is 0 Å². The van der Waals surface area contributed by atoms with E-state index in [-0.39, 0.29) is 6.04 Å². The molecule has 1 aliphatic rings. The fourth-order valence-corrected chi connectivity index (χ4v) is 2.79. The van der Waals surface area contributed by atoms with Crippen molar-refractivity contribution >= 4 is 17.3 Å². The molecular formula is C14H18ClN5. The first-order valence-electron chi connectivity index (χ1n) is 6.79. The van der Waals surface area contributed by atoms with Gasteiger partial charge >= 0.3 is 0 Å². The van der Waals surface area contributed by atoms with Crippen LogP contribution in [0.25, 0.3) is 0 Å². The molecule has 6 heteroatoms. The van der Waals surface area contributed by atoms with Crippen LogP contribution in [-0.4, -0.2) is 27.4 Å². The maximum atomic E-state index is 6.16. The number of nitrogens with zero attached hydrogens (tertiary/aromatic N) is 4. The fourth-order valence-electron chi connectivity index (χ4n) is 2.62. The number of benzene rings is 1. The van der Waals surface area contributed by atoms with Crippen molar-refractivity contribution in [1.29, 1.82) is 0 Å². The Morgan fingerprint density at radius 3 is 3.05 bits per heavy atom. The normalized spacial score (nSPS) is 16.1. The number of aromatic nitrogens is 3. The zero-order valence-electron chi connectivity index (χ0n) is 11.5. The van der Waals surface area contributed by atoms with Crippen LogP contribution in [0.1, 0.15) is 18.3 Å². The lowest BCUT2D eigenvalue weighted by atomic mass is 10.0. The van der Waals surface area contributed by atoms with Gasteiger partial charge in [0.15, 0.2) is 5.82 Å². The smallest absolute Gasteiger partial charge is 0.152 e. The first kappa shape index (κ1) is 13.4. The van der Waals surface area contributed by atoms with Crippen molar-refractivity contribution in [3.05, 3.63) is 40.9 Å². The van der Waals surface area contributed by atoms with Crippen LogP contribution in [0.2, 0.25) is 5.02 Å². The Morgan fingerprint density at radius 1 is 1.40 bits per heavy atom. The van der Waals surface area contributed by atoms with E-state index in [9.17, 15) is 0 Å². The predicted molar refractivity (Wildman–Crippen MR) is 79.9 cm³/mol. The molecule has 0 amide bonds. The first-order valence-corrected chi connectivity index (χ1v) is 7.17. The number of hydrogen-bond acceptors (Lipinski definition) is 4. The second-order valence-corrected chi connectivity index (χ2v) is 5.75. The molecule has 0 spiro atoms. The van der Waals surface area contributed by atoms with Crippen molar-refractivity contribution in [2.75, 3.05) is 11.4 Å². The van der Waals surface area contributed by atoms with Crippen LogP contribution in [-0.2, 0) is 19.5 Å². The zero-order valence-corrected chi connectivity index (χ0v) is 12.2. The van der Waals surface area contributed by atoms with Crippen molar-refractivity contribution in [1.82, 2.24) is 14.8 Å². The van der Waals surface area contributed by atoms with E-state index in [1.165, 1.54) is 5.56 Å². The molecule has 2 N–H and O–H groups in total. The third-order valence-corrected chi connectivity index (χ3v) is 3.80. The summed E-state index contributed by atoms with van der Waals surface area (Å²) in [7, 11) is 0. The highest BCUT2D eigenvalue weighted by Crippen LogP contribution is 2.28. The van der Waals surface area contributed by atoms with Gasteiger partial charge in [0, 0.05) is 29.8 Å². The average molecular weight is 292 g/mol. The number of halogens is 1. The van der Waals surface area contributed by atoms with Crippen molar-refractivity contribution in [2.24, 2.45) is 5.73 Å². The lowest BCUT2D eigenvalue weighted by Gasteiger charge is -2.31. The topological polar surface area (TPSA) is 60.0 Å². The summed E-state index contributed by atoms with van der Waals surface area (Å²) in [5.74, 6) is 0.989. The molecule has 0 saturated carbocycles. The summed E-state index contributed by atoms with van der Waals surface area (Å²) in [6.07, 6.45) is 2.63. The molecule has 0 fully saturated rings. The summed E-state index contributed by atoms with van der Waals surface area (Å²) in [6, 6.07) is 6.14. The Bertz CT molecular complexity index is 607. The van der Waals surface area contributed by atoms with Gasteiger partial charge in [-0.25, -0.2) is 0 Å². The van der Waals surface area contributed by atoms with Crippen molar-refractivity contribution in [3.63, 3.8) is 0 Å². The maximum Gasteiger partial charge on any atom is 0.152 e. The molecule has 1 aromatic carbocycles. The van der Waals surface area contributed by atoms with Gasteiger partial charge in [-0.2, -0.15) is 0 Å². The molecule has 20 heavy (non-hydrogen) atoms. The number of anilines is 1. The van der Waals surface area contributed by atoms with Gasteiger partial charge in [0.05, 0.1) is 6.54 Å². The Labute approximate surface area is 123 Å². The second-order valence-electron chi connectivity index (χ2n) is 5.32. The molecule has 1 aromatic heterocycles. The van der Waals surface area contributed by atoms with Gasteiger partial charge in [-0.1, -0.05) is 17.7 Å². The minimum atomic E-state index is 0.128. The van der Waals surface area contributed by atoms with Crippen molar-refractivity contribution < 1.29 is 0 Å². The largest absolute Gasteiger partial charge is 0.362 e. The van der Waals surface area contributed by atoms with Crippen LogP contribution >= 0.6 is 11.6 Å². The highest BCUT2D eigenvalue weighted by Gasteiger charge is 2.20. The van der Waals surface area contributed by atoms with E-state index in [1.54, 1.807) is 6.33 Å². The molecule has 2 aromatic rings. The highest BCUT2D eigenvalue weighted by atomic mass is 35.5. The Morgan fingerprint density at radius 2 is 2.25 bits per heavy atom. The van der Waals surface area contributed by atoms with E-state index in [4.69, 9.17) is 17.3 Å². The molecule has 106 valence electrons. The quantitative estimate of drug-likeness (QED) is 0.937. The maximum absolute atomic E-state index is 6.16. The summed E-state index contributed by atoms with van der Waals surface area (Å²) in [5, 5.41) is 8.87. The van der Waals surface area contributed by atoms with Crippen molar-refractivity contribution in [2.45, 2.75) is 32.5 Å². The Kier molecular flexibility index (Phi) is 3.63. The first-order chi connectivity index (χ1) is 9.63. The molecule has 1 atom stereocenters. The van der Waals surface area contributed by atoms with Crippen LogP contribution in [0.3, 0.4) is 0 Å². The molecule has 0 radical (unpaired) electrons. The average Bonchev–Trinajstić information content (AvgIpc) is 2.87. The van der Waals surface area contributed by atoms with E-state index < -0.39 is 0 Å². The van der Waals surface area contributed by atoms with Crippen LogP contribution in [0.5, 0.6) is 0 Å². The van der Waals surface area contributed by atoms with Gasteiger partial charge in [0.1, 0.15) is 6.33 Å². The molecule has 1 aliphatic heterocycles. The molecule has 0 bridgehead atoms. The SMILES string of the molecule is CC(N)Cc1ccc(Cl)cc1N1CCn2cnnc2C1. The van der Waals surface area contributed by atoms with Gasteiger partial charge in [0.25, 0.3) is 0 Å². The van der Waals surface area contributed by atoms with E-state index in [2.05, 4.69) is 25.7 Å². The van der Waals surface area contributed by atoms with Gasteiger partial charge < -0.3 is 15.2 Å². The highest BCUT2D eigenvalue weighted by molar-refractivity contribution is 6.30. The van der Waals surface area contributed by atoms with Gasteiger partial charge in [0.2, 0.25) is 0 Å². The van der Waals surface area contributed by atoms with Crippen LogP contribution in [0, 0.1) is 0 Å². The summed E-state index contributed by atoms with van der Waals surface area (Å²) in [5.41, 5.74) is 8.33. The molecule has 1 unspecified atom stereocenters. The summed E-state index contributed by atoms with van der Waals surface area (Å²) < 4.78 is 2.09. The van der Waals surface area contributed by atoms with Gasteiger partial charge in [-0.05, 0) is 31.0 Å². The Hall–Kier alpha value is -1.59. The molecule has 5 nitrogen and oxygen atoms in total. The lowest BCUT2D eigenvalue weighted by Crippen LogP contribution is -2.34. The minimum absolute atomic E-state index is 0.128. The summed E-state index contributed by atoms with van der Waals surface area (Å²) in [6.45, 7) is 4.60. The van der Waals surface area contributed by atoms with Crippen LogP contribution in [0.4, 0.5) is 5.69 Å². The summed E-state index contributed by atoms with van der Waals surface area (Å²) in [4.78, 5) is 2.30. The standard InChI is InChI=1S/C14H18ClN5/c1-10(16)6-11-2-3-12(15)7-13(11)19-4-5-20-9-17-18-14(20)8-19/h2-3,7,9-10H,4-6,8,16H2,1H3. The van der Waals surface area contributed by atoms with E-state index in [1.807, 2.05) is 19.1 Å². The monoisotopic (exact) mass is 291 g/mol. The van der Waals surface area contributed by atoms with E-state index in [0.717, 1.165) is 42.6 Å². The van der Waals surface area contributed by atoms with Crippen LogP contribution in [0.15, 0.2) is 24.5 Å². The number of hydrogen-bond donors (Lipinski definition) is 1. The molecule has 2 heterocycles. The second kappa shape index (κ2) is 5.42. The number of fused-ring (bicyclic) bond motifs is 1.